The van der Waals surface area contributed by atoms with Crippen LogP contribution in [0.25, 0.3) is 0 Å². The molecule has 2 aromatic rings. The van der Waals surface area contributed by atoms with E-state index in [0.717, 1.165) is 4.47 Å². The molecule has 0 aliphatic rings. The van der Waals surface area contributed by atoms with E-state index in [0.29, 0.717) is 22.6 Å². The van der Waals surface area contributed by atoms with E-state index in [1.807, 2.05) is 0 Å². The number of esters is 1. The molecule has 2 aromatic carbocycles. The lowest BCUT2D eigenvalue weighted by Gasteiger charge is -2.10. The van der Waals surface area contributed by atoms with E-state index in [9.17, 15) is 9.59 Å². The van der Waals surface area contributed by atoms with Crippen LogP contribution in [0.5, 0.6) is 11.5 Å². The lowest BCUT2D eigenvalue weighted by Crippen LogP contribution is -2.15. The number of hydrogen-bond acceptors (Lipinski definition) is 5. The molecule has 0 aromatic heterocycles. The predicted molar refractivity (Wildman–Crippen MR) is 88.3 cm³/mol. The molecule has 0 radical (unpaired) electrons. The number of ether oxygens (including phenoxy) is 3. The summed E-state index contributed by atoms with van der Waals surface area (Å²) in [4.78, 5) is 24.2. The van der Waals surface area contributed by atoms with Crippen LogP contribution in [0.2, 0.25) is 0 Å². The number of benzene rings is 2. The van der Waals surface area contributed by atoms with Crippen molar-refractivity contribution < 1.29 is 23.8 Å². The highest BCUT2D eigenvalue weighted by molar-refractivity contribution is 9.10. The van der Waals surface area contributed by atoms with Crippen LogP contribution in [0.15, 0.2) is 46.9 Å². The summed E-state index contributed by atoms with van der Waals surface area (Å²) in [7, 11) is 2.97. The summed E-state index contributed by atoms with van der Waals surface area (Å²) < 4.78 is 16.1. The molecule has 0 amide bonds. The zero-order chi connectivity index (χ0) is 16.8. The van der Waals surface area contributed by atoms with Gasteiger partial charge in [0.1, 0.15) is 11.5 Å². The number of rotatable bonds is 6. The molecule has 0 unspecified atom stereocenters. The summed E-state index contributed by atoms with van der Waals surface area (Å²) in [6, 6.07) is 11.6. The third-order valence-corrected chi connectivity index (χ3v) is 3.59. The Morgan fingerprint density at radius 2 is 1.83 bits per heavy atom. The van der Waals surface area contributed by atoms with E-state index in [1.165, 1.54) is 14.2 Å². The van der Waals surface area contributed by atoms with Gasteiger partial charge in [0.05, 0.1) is 25.3 Å². The molecule has 0 aliphatic carbocycles. The smallest absolute Gasteiger partial charge is 0.338 e. The monoisotopic (exact) mass is 378 g/mol. The van der Waals surface area contributed by atoms with Gasteiger partial charge in [-0.05, 0) is 36.4 Å². The Morgan fingerprint density at radius 3 is 2.48 bits per heavy atom. The van der Waals surface area contributed by atoms with Gasteiger partial charge in [-0.1, -0.05) is 22.0 Å². The highest BCUT2D eigenvalue weighted by Crippen LogP contribution is 2.24. The maximum Gasteiger partial charge on any atom is 0.338 e. The lowest BCUT2D eigenvalue weighted by atomic mass is 10.1. The van der Waals surface area contributed by atoms with Crippen molar-refractivity contribution in [2.24, 2.45) is 0 Å². The molecule has 0 fully saturated rings. The van der Waals surface area contributed by atoms with Crippen molar-refractivity contribution in [1.29, 1.82) is 0 Å². The zero-order valence-corrected chi connectivity index (χ0v) is 14.3. The molecule has 0 saturated carbocycles. The number of ketones is 1. The van der Waals surface area contributed by atoms with Crippen molar-refractivity contribution in [3.05, 3.63) is 58.1 Å². The summed E-state index contributed by atoms with van der Waals surface area (Å²) in [6.45, 7) is -0.380. The van der Waals surface area contributed by atoms with Crippen molar-refractivity contribution in [3.63, 3.8) is 0 Å². The quantitative estimate of drug-likeness (QED) is 0.568. The van der Waals surface area contributed by atoms with Crippen LogP contribution < -0.4 is 9.47 Å². The number of hydrogen-bond donors (Lipinski definition) is 0. The molecule has 0 spiro atoms. The van der Waals surface area contributed by atoms with Crippen LogP contribution in [-0.4, -0.2) is 32.6 Å². The second-order valence-electron chi connectivity index (χ2n) is 4.58. The fourth-order valence-corrected chi connectivity index (χ4v) is 2.34. The first kappa shape index (κ1) is 17.0. The third kappa shape index (κ3) is 4.32. The van der Waals surface area contributed by atoms with E-state index >= 15 is 0 Å². The molecule has 2 rings (SSSR count). The van der Waals surface area contributed by atoms with Crippen molar-refractivity contribution in [2.45, 2.75) is 0 Å². The highest BCUT2D eigenvalue weighted by atomic mass is 79.9. The molecule has 0 bridgehead atoms. The molecular weight excluding hydrogens is 364 g/mol. The fraction of sp³-hybridized carbons (Fsp3) is 0.176. The van der Waals surface area contributed by atoms with Gasteiger partial charge in [-0.15, -0.1) is 0 Å². The van der Waals surface area contributed by atoms with Crippen molar-refractivity contribution in [1.82, 2.24) is 0 Å². The normalized spacial score (nSPS) is 10.0. The maximum absolute atomic E-state index is 12.3. The van der Waals surface area contributed by atoms with Gasteiger partial charge in [-0.2, -0.15) is 0 Å². The molecule has 5 nitrogen and oxygen atoms in total. The fourth-order valence-electron chi connectivity index (χ4n) is 1.94. The summed E-state index contributed by atoms with van der Waals surface area (Å²) in [5.41, 5.74) is 0.665. The SMILES string of the molecule is COc1ccc(OC)c(C(=O)COC(=O)c2cccc(Br)c2)c1. The molecule has 0 N–H and O–H groups in total. The van der Waals surface area contributed by atoms with Crippen LogP contribution in [-0.2, 0) is 4.74 Å². The average Bonchev–Trinajstić information content (AvgIpc) is 2.58. The van der Waals surface area contributed by atoms with Gasteiger partial charge >= 0.3 is 5.97 Å². The second-order valence-corrected chi connectivity index (χ2v) is 5.49. The Hall–Kier alpha value is -2.34. The second kappa shape index (κ2) is 7.78. The topological polar surface area (TPSA) is 61.8 Å². The number of Topliss-reactive ketones (excluding diaryl/α,β-unsaturated/α-hetero) is 1. The van der Waals surface area contributed by atoms with Crippen LogP contribution in [0.1, 0.15) is 20.7 Å². The van der Waals surface area contributed by atoms with Gasteiger partial charge in [-0.25, -0.2) is 4.79 Å². The van der Waals surface area contributed by atoms with Crippen LogP contribution in [0, 0.1) is 0 Å². The van der Waals surface area contributed by atoms with E-state index < -0.39 is 5.97 Å². The number of halogens is 1. The van der Waals surface area contributed by atoms with Gasteiger partial charge in [0.25, 0.3) is 0 Å². The Bertz CT molecular complexity index is 727. The molecule has 23 heavy (non-hydrogen) atoms. The standard InChI is InChI=1S/C17H15BrO5/c1-21-13-6-7-16(22-2)14(9-13)15(19)10-23-17(20)11-4-3-5-12(18)8-11/h3-9H,10H2,1-2H3. The van der Waals surface area contributed by atoms with Crippen molar-refractivity contribution >= 4 is 27.7 Å². The summed E-state index contributed by atoms with van der Waals surface area (Å²) in [5.74, 6) is -0.0209. The predicted octanol–water partition coefficient (Wildman–Crippen LogP) is 3.51. The van der Waals surface area contributed by atoms with Crippen LogP contribution in [0.3, 0.4) is 0 Å². The minimum absolute atomic E-state index is 0.300. The van der Waals surface area contributed by atoms with Crippen LogP contribution in [0.4, 0.5) is 0 Å². The first-order chi connectivity index (χ1) is 11.0. The van der Waals surface area contributed by atoms with Gasteiger partial charge in [0.15, 0.2) is 6.61 Å². The zero-order valence-electron chi connectivity index (χ0n) is 12.7. The third-order valence-electron chi connectivity index (χ3n) is 3.10. The molecule has 0 heterocycles. The maximum atomic E-state index is 12.3. The van der Waals surface area contributed by atoms with Gasteiger partial charge in [-0.3, -0.25) is 4.79 Å². The highest BCUT2D eigenvalue weighted by Gasteiger charge is 2.16. The van der Waals surface area contributed by atoms with Crippen LogP contribution >= 0.6 is 15.9 Å². The number of methoxy groups -OCH3 is 2. The molecule has 6 heteroatoms. The first-order valence-electron chi connectivity index (χ1n) is 6.73. The van der Waals surface area contributed by atoms with Crippen molar-refractivity contribution in [2.75, 3.05) is 20.8 Å². The molecule has 120 valence electrons. The average molecular weight is 379 g/mol. The Morgan fingerprint density at radius 1 is 1.04 bits per heavy atom. The van der Waals surface area contributed by atoms with Gasteiger partial charge < -0.3 is 14.2 Å². The first-order valence-corrected chi connectivity index (χ1v) is 7.52. The van der Waals surface area contributed by atoms with Gasteiger partial charge in [0, 0.05) is 4.47 Å². The van der Waals surface area contributed by atoms with Crippen molar-refractivity contribution in [3.8, 4) is 11.5 Å². The molecule has 0 saturated heterocycles. The molecule has 0 atom stereocenters. The minimum Gasteiger partial charge on any atom is -0.497 e. The molecular formula is C17H15BrO5. The minimum atomic E-state index is -0.568. The lowest BCUT2D eigenvalue weighted by molar-refractivity contribution is 0.0474. The summed E-state index contributed by atoms with van der Waals surface area (Å²) >= 11 is 3.28. The van der Waals surface area contributed by atoms with E-state index in [-0.39, 0.29) is 12.4 Å². The summed E-state index contributed by atoms with van der Waals surface area (Å²) in [5, 5.41) is 0. The number of carbonyl (C=O) groups is 2. The Kier molecular flexibility index (Phi) is 5.76. The summed E-state index contributed by atoms with van der Waals surface area (Å²) in [6.07, 6.45) is 0. The van der Waals surface area contributed by atoms with Gasteiger partial charge in [0.2, 0.25) is 5.78 Å². The number of carbonyl (C=O) groups excluding carboxylic acids is 2. The Labute approximate surface area is 142 Å². The van der Waals surface area contributed by atoms with E-state index in [2.05, 4.69) is 15.9 Å². The Balaban J connectivity index is 2.09. The molecule has 0 aliphatic heterocycles. The van der Waals surface area contributed by atoms with E-state index in [1.54, 1.807) is 42.5 Å². The largest absolute Gasteiger partial charge is 0.497 e. The van der Waals surface area contributed by atoms with E-state index in [4.69, 9.17) is 14.2 Å².